The molecule has 0 radical (unpaired) electrons. The second kappa shape index (κ2) is 10.7. The molecule has 1 unspecified atom stereocenters. The fraction of sp³-hybridized carbons (Fsp3) is 0.682. The molecule has 5 nitrogen and oxygen atoms in total. The third-order valence-corrected chi connectivity index (χ3v) is 4.89. The summed E-state index contributed by atoms with van der Waals surface area (Å²) in [6.45, 7) is 12.8. The number of rotatable bonds is 11. The summed E-state index contributed by atoms with van der Waals surface area (Å²) in [6, 6.07) is 7.59. The van der Waals surface area contributed by atoms with Gasteiger partial charge in [-0.25, -0.2) is 0 Å². The predicted molar refractivity (Wildman–Crippen MR) is 110 cm³/mol. The van der Waals surface area contributed by atoms with E-state index in [0.717, 1.165) is 24.4 Å². The topological polar surface area (TPSA) is 50.8 Å². The molecule has 0 aliphatic carbocycles. The smallest absolute Gasteiger partial charge is 0.256 e. The molecule has 152 valence electrons. The van der Waals surface area contributed by atoms with Crippen molar-refractivity contribution in [3.05, 3.63) is 24.3 Å². The lowest BCUT2D eigenvalue weighted by atomic mass is 9.93. The van der Waals surface area contributed by atoms with Gasteiger partial charge in [-0.05, 0) is 75.9 Å². The van der Waals surface area contributed by atoms with Gasteiger partial charge in [0, 0.05) is 18.8 Å². The maximum absolute atomic E-state index is 12.8. The first-order valence-electron chi connectivity index (χ1n) is 10.3. The van der Waals surface area contributed by atoms with E-state index in [1.807, 2.05) is 31.2 Å². The highest BCUT2D eigenvalue weighted by Gasteiger charge is 2.34. The Morgan fingerprint density at radius 1 is 1.19 bits per heavy atom. The first-order chi connectivity index (χ1) is 12.9. The van der Waals surface area contributed by atoms with Gasteiger partial charge >= 0.3 is 0 Å². The SMILES string of the molecule is CCCOC(C)(CC(C)C)C(=O)Nc1ccc(OCCN2CCCC2)cc1. The molecule has 0 bridgehead atoms. The molecule has 1 aliphatic rings. The van der Waals surface area contributed by atoms with E-state index in [1.165, 1.54) is 25.9 Å². The van der Waals surface area contributed by atoms with E-state index < -0.39 is 5.60 Å². The zero-order valence-electron chi connectivity index (χ0n) is 17.4. The van der Waals surface area contributed by atoms with Gasteiger partial charge in [-0.15, -0.1) is 0 Å². The summed E-state index contributed by atoms with van der Waals surface area (Å²) in [7, 11) is 0. The molecule has 1 saturated heterocycles. The fourth-order valence-electron chi connectivity index (χ4n) is 3.52. The van der Waals surface area contributed by atoms with Crippen LogP contribution in [0.5, 0.6) is 5.75 Å². The van der Waals surface area contributed by atoms with Crippen LogP contribution in [-0.2, 0) is 9.53 Å². The van der Waals surface area contributed by atoms with Crippen molar-refractivity contribution in [3.63, 3.8) is 0 Å². The van der Waals surface area contributed by atoms with E-state index in [4.69, 9.17) is 9.47 Å². The van der Waals surface area contributed by atoms with Gasteiger partial charge in [-0.1, -0.05) is 20.8 Å². The van der Waals surface area contributed by atoms with Crippen molar-refractivity contribution in [1.82, 2.24) is 4.90 Å². The number of likely N-dealkylation sites (tertiary alicyclic amines) is 1. The second-order valence-corrected chi connectivity index (χ2v) is 8.05. The minimum atomic E-state index is -0.810. The molecule has 27 heavy (non-hydrogen) atoms. The van der Waals surface area contributed by atoms with Gasteiger partial charge in [0.25, 0.3) is 5.91 Å². The summed E-state index contributed by atoms with van der Waals surface area (Å²) in [6.07, 6.45) is 4.18. The van der Waals surface area contributed by atoms with Gasteiger partial charge in [0.2, 0.25) is 0 Å². The first-order valence-corrected chi connectivity index (χ1v) is 10.3. The Morgan fingerprint density at radius 2 is 1.85 bits per heavy atom. The van der Waals surface area contributed by atoms with Crippen LogP contribution in [0, 0.1) is 5.92 Å². The molecule has 1 fully saturated rings. The first kappa shape index (κ1) is 21.7. The predicted octanol–water partition coefficient (Wildman–Crippen LogP) is 4.33. The summed E-state index contributed by atoms with van der Waals surface area (Å²) in [4.78, 5) is 15.2. The lowest BCUT2D eigenvalue weighted by Crippen LogP contribution is -2.44. The molecular weight excluding hydrogens is 340 g/mol. The molecule has 0 aromatic heterocycles. The summed E-state index contributed by atoms with van der Waals surface area (Å²) < 4.78 is 11.7. The third-order valence-electron chi connectivity index (χ3n) is 4.89. The Balaban J connectivity index is 1.86. The lowest BCUT2D eigenvalue weighted by Gasteiger charge is -2.30. The molecule has 1 atom stereocenters. The molecule has 0 saturated carbocycles. The number of nitrogens with zero attached hydrogens (tertiary/aromatic N) is 1. The summed E-state index contributed by atoms with van der Waals surface area (Å²) >= 11 is 0. The van der Waals surface area contributed by atoms with Crippen molar-refractivity contribution in [3.8, 4) is 5.75 Å². The number of amides is 1. The van der Waals surface area contributed by atoms with Crippen LogP contribution in [0.2, 0.25) is 0 Å². The van der Waals surface area contributed by atoms with Gasteiger partial charge in [-0.2, -0.15) is 0 Å². The number of carbonyl (C=O) groups is 1. The monoisotopic (exact) mass is 376 g/mol. The average molecular weight is 377 g/mol. The molecule has 1 amide bonds. The number of hydrogen-bond acceptors (Lipinski definition) is 4. The van der Waals surface area contributed by atoms with Crippen molar-refractivity contribution < 1.29 is 14.3 Å². The maximum Gasteiger partial charge on any atom is 0.256 e. The van der Waals surface area contributed by atoms with Crippen molar-refractivity contribution in [2.75, 3.05) is 38.2 Å². The van der Waals surface area contributed by atoms with Crippen molar-refractivity contribution in [2.45, 2.75) is 59.0 Å². The van der Waals surface area contributed by atoms with Crippen LogP contribution in [0.3, 0.4) is 0 Å². The molecule has 1 N–H and O–H groups in total. The largest absolute Gasteiger partial charge is 0.492 e. The fourth-order valence-corrected chi connectivity index (χ4v) is 3.52. The van der Waals surface area contributed by atoms with Crippen LogP contribution >= 0.6 is 0 Å². The Kier molecular flexibility index (Phi) is 8.58. The molecule has 1 aromatic rings. The Hall–Kier alpha value is -1.59. The molecule has 1 heterocycles. The average Bonchev–Trinajstić information content (AvgIpc) is 3.14. The van der Waals surface area contributed by atoms with E-state index in [-0.39, 0.29) is 5.91 Å². The highest BCUT2D eigenvalue weighted by Crippen LogP contribution is 2.24. The Bertz CT molecular complexity index is 567. The summed E-state index contributed by atoms with van der Waals surface area (Å²) in [5.41, 5.74) is -0.0447. The number of ether oxygens (including phenoxy) is 2. The van der Waals surface area contributed by atoms with Crippen LogP contribution in [0.1, 0.15) is 53.4 Å². The normalized spacial score (nSPS) is 17.1. The highest BCUT2D eigenvalue weighted by atomic mass is 16.5. The minimum absolute atomic E-state index is 0.0904. The zero-order valence-corrected chi connectivity index (χ0v) is 17.4. The van der Waals surface area contributed by atoms with Gasteiger partial charge in [0.15, 0.2) is 0 Å². The van der Waals surface area contributed by atoms with Crippen molar-refractivity contribution >= 4 is 11.6 Å². The van der Waals surface area contributed by atoms with Gasteiger partial charge in [0.1, 0.15) is 18.0 Å². The third kappa shape index (κ3) is 7.15. The minimum Gasteiger partial charge on any atom is -0.492 e. The molecule has 5 heteroatoms. The van der Waals surface area contributed by atoms with Crippen LogP contribution in [-0.4, -0.2) is 49.3 Å². The van der Waals surface area contributed by atoms with Crippen LogP contribution in [0.25, 0.3) is 0 Å². The van der Waals surface area contributed by atoms with E-state index in [9.17, 15) is 4.79 Å². The van der Waals surface area contributed by atoms with Crippen LogP contribution in [0.15, 0.2) is 24.3 Å². The number of hydrogen-bond donors (Lipinski definition) is 1. The molecule has 1 aromatic carbocycles. The van der Waals surface area contributed by atoms with E-state index in [1.54, 1.807) is 0 Å². The van der Waals surface area contributed by atoms with Gasteiger partial charge in [-0.3, -0.25) is 9.69 Å². The quantitative estimate of drug-likeness (QED) is 0.624. The molecular formula is C22H36N2O3. The highest BCUT2D eigenvalue weighted by molar-refractivity contribution is 5.97. The summed E-state index contributed by atoms with van der Waals surface area (Å²) in [5.74, 6) is 1.12. The number of anilines is 1. The lowest BCUT2D eigenvalue weighted by molar-refractivity contribution is -0.141. The molecule has 1 aliphatic heterocycles. The second-order valence-electron chi connectivity index (χ2n) is 8.05. The number of benzene rings is 1. The number of carbonyl (C=O) groups excluding carboxylic acids is 1. The van der Waals surface area contributed by atoms with Gasteiger partial charge < -0.3 is 14.8 Å². The standard InChI is InChI=1S/C22H36N2O3/c1-5-15-27-22(4,17-18(2)3)21(25)23-19-8-10-20(11-9-19)26-16-14-24-12-6-7-13-24/h8-11,18H,5-7,12-17H2,1-4H3,(H,23,25). The Morgan fingerprint density at radius 3 is 2.44 bits per heavy atom. The van der Waals surface area contributed by atoms with Crippen molar-refractivity contribution in [2.24, 2.45) is 5.92 Å². The van der Waals surface area contributed by atoms with Gasteiger partial charge in [0.05, 0.1) is 0 Å². The Labute approximate surface area is 164 Å². The maximum atomic E-state index is 12.8. The van der Waals surface area contributed by atoms with E-state index >= 15 is 0 Å². The summed E-state index contributed by atoms with van der Waals surface area (Å²) in [5, 5.41) is 3.00. The van der Waals surface area contributed by atoms with Crippen LogP contribution in [0.4, 0.5) is 5.69 Å². The zero-order chi connectivity index (χ0) is 19.7. The van der Waals surface area contributed by atoms with E-state index in [0.29, 0.717) is 25.6 Å². The number of nitrogens with one attached hydrogen (secondary N) is 1. The molecule has 0 spiro atoms. The van der Waals surface area contributed by atoms with E-state index in [2.05, 4.69) is 31.0 Å². The van der Waals surface area contributed by atoms with Crippen LogP contribution < -0.4 is 10.1 Å². The van der Waals surface area contributed by atoms with Crippen molar-refractivity contribution in [1.29, 1.82) is 0 Å². The molecule has 2 rings (SSSR count).